The zero-order chi connectivity index (χ0) is 23.4. The minimum atomic E-state index is -0.561. The van der Waals surface area contributed by atoms with Crippen molar-refractivity contribution in [3.05, 3.63) is 24.2 Å². The van der Waals surface area contributed by atoms with Crippen molar-refractivity contribution >= 4 is 5.96 Å². The lowest BCUT2D eigenvalue weighted by molar-refractivity contribution is -0.207. The molecule has 4 aliphatic carbocycles. The van der Waals surface area contributed by atoms with Gasteiger partial charge >= 0.3 is 0 Å². The van der Waals surface area contributed by atoms with Gasteiger partial charge in [-0.2, -0.15) is 0 Å². The van der Waals surface area contributed by atoms with Gasteiger partial charge in [0.15, 0.2) is 5.96 Å². The Balaban J connectivity index is 1.29. The summed E-state index contributed by atoms with van der Waals surface area (Å²) >= 11 is 0. The third-order valence-electron chi connectivity index (χ3n) is 10.7. The van der Waals surface area contributed by atoms with Gasteiger partial charge in [-0.3, -0.25) is 0 Å². The summed E-state index contributed by atoms with van der Waals surface area (Å²) < 4.78 is 11.7. The van der Waals surface area contributed by atoms with Gasteiger partial charge in [0.25, 0.3) is 0 Å². The Bertz CT molecular complexity index is 868. The molecule has 0 spiro atoms. The first-order valence-corrected chi connectivity index (χ1v) is 13.1. The van der Waals surface area contributed by atoms with E-state index < -0.39 is 5.60 Å². The number of ether oxygens (including phenoxy) is 1. The van der Waals surface area contributed by atoms with Gasteiger partial charge in [-0.25, -0.2) is 4.99 Å². The SMILES string of the molecule is CC(CO[C@H]1CC[C@@]2(C)[C@H](CC[C@@H]3[C@@H]2CC[C@]2(C)[C@@H](c4ccoc4)CC[C@]32O)C1)N=C(N)N. The highest BCUT2D eigenvalue weighted by molar-refractivity contribution is 5.75. The molecule has 5 N–H and O–H groups in total. The van der Waals surface area contributed by atoms with E-state index in [0.717, 1.165) is 38.5 Å². The van der Waals surface area contributed by atoms with Crippen LogP contribution in [0, 0.1) is 28.6 Å². The normalized spacial score (nSPS) is 45.5. The van der Waals surface area contributed by atoms with Crippen LogP contribution in [0.2, 0.25) is 0 Å². The maximum atomic E-state index is 12.3. The highest BCUT2D eigenvalue weighted by Crippen LogP contribution is 2.70. The quantitative estimate of drug-likeness (QED) is 0.443. The van der Waals surface area contributed by atoms with Crippen LogP contribution in [0.15, 0.2) is 28.0 Å². The molecular weight excluding hydrogens is 414 g/mol. The molecule has 9 atom stereocenters. The van der Waals surface area contributed by atoms with Crippen molar-refractivity contribution in [1.82, 2.24) is 0 Å². The predicted molar refractivity (Wildman–Crippen MR) is 130 cm³/mol. The largest absolute Gasteiger partial charge is 0.472 e. The summed E-state index contributed by atoms with van der Waals surface area (Å²) in [6, 6.07) is 2.11. The maximum absolute atomic E-state index is 12.3. The van der Waals surface area contributed by atoms with Gasteiger partial charge in [-0.05, 0) is 105 Å². The van der Waals surface area contributed by atoms with Crippen molar-refractivity contribution in [1.29, 1.82) is 0 Å². The minimum Gasteiger partial charge on any atom is -0.472 e. The lowest BCUT2D eigenvalue weighted by atomic mass is 9.43. The fourth-order valence-electron chi connectivity index (χ4n) is 8.91. The van der Waals surface area contributed by atoms with E-state index in [2.05, 4.69) is 24.9 Å². The second-order valence-corrected chi connectivity index (χ2v) is 12.2. The Hall–Kier alpha value is -1.53. The number of fused-ring (bicyclic) bond motifs is 5. The number of rotatable bonds is 5. The standard InChI is InChI=1S/C27H43N3O3/c1-17(30-24(28)29)15-33-20-6-10-25(2)19(14-20)4-5-23-22(25)7-11-26(3)21(8-12-27(23,26)31)18-9-13-32-16-18/h9,13,16-17,19-23,31H,4-8,10-12,14-15H2,1-3H3,(H4,28,29,30)/t17?,19-,20+,21-,22+,23-,25+,26-,27+/m1/s1. The van der Waals surface area contributed by atoms with Crippen LogP contribution in [0.4, 0.5) is 0 Å². The molecule has 33 heavy (non-hydrogen) atoms. The smallest absolute Gasteiger partial charge is 0.186 e. The van der Waals surface area contributed by atoms with Crippen LogP contribution >= 0.6 is 0 Å². The van der Waals surface area contributed by atoms with Gasteiger partial charge in [0.05, 0.1) is 36.9 Å². The maximum Gasteiger partial charge on any atom is 0.186 e. The van der Waals surface area contributed by atoms with E-state index in [1.54, 1.807) is 6.26 Å². The van der Waals surface area contributed by atoms with Crippen molar-refractivity contribution in [2.75, 3.05) is 6.61 Å². The summed E-state index contributed by atoms with van der Waals surface area (Å²) in [7, 11) is 0. The number of guanidine groups is 1. The number of hydrogen-bond donors (Lipinski definition) is 3. The number of furan rings is 1. The van der Waals surface area contributed by atoms with Crippen LogP contribution in [0.25, 0.3) is 0 Å². The second kappa shape index (κ2) is 8.30. The molecule has 0 saturated heterocycles. The van der Waals surface area contributed by atoms with Gasteiger partial charge in [-0.1, -0.05) is 13.8 Å². The molecule has 4 saturated carbocycles. The van der Waals surface area contributed by atoms with Crippen LogP contribution in [0.1, 0.15) is 90.0 Å². The summed E-state index contributed by atoms with van der Waals surface area (Å²) in [4.78, 5) is 4.19. The zero-order valence-corrected chi connectivity index (χ0v) is 20.6. The average molecular weight is 458 g/mol. The Morgan fingerprint density at radius 1 is 1.15 bits per heavy atom. The molecule has 1 aromatic heterocycles. The Kier molecular flexibility index (Phi) is 5.84. The van der Waals surface area contributed by atoms with Crippen molar-refractivity contribution in [3.8, 4) is 0 Å². The van der Waals surface area contributed by atoms with E-state index in [-0.39, 0.29) is 17.4 Å². The third-order valence-corrected chi connectivity index (χ3v) is 10.7. The van der Waals surface area contributed by atoms with E-state index in [4.69, 9.17) is 20.6 Å². The van der Waals surface area contributed by atoms with Crippen molar-refractivity contribution in [2.45, 2.75) is 102 Å². The molecule has 6 nitrogen and oxygen atoms in total. The molecule has 4 aliphatic rings. The third kappa shape index (κ3) is 3.63. The second-order valence-electron chi connectivity index (χ2n) is 12.2. The predicted octanol–water partition coefficient (Wildman–Crippen LogP) is 4.57. The first-order chi connectivity index (χ1) is 15.7. The van der Waals surface area contributed by atoms with Gasteiger partial charge in [-0.15, -0.1) is 0 Å². The average Bonchev–Trinajstić information content (AvgIpc) is 3.37. The summed E-state index contributed by atoms with van der Waals surface area (Å²) in [5.74, 6) is 2.23. The topological polar surface area (TPSA) is 107 Å². The fourth-order valence-corrected chi connectivity index (χ4v) is 8.91. The fraction of sp³-hybridized carbons (Fsp3) is 0.815. The van der Waals surface area contributed by atoms with E-state index in [1.807, 2.05) is 13.2 Å². The number of nitrogens with zero attached hydrogens (tertiary/aromatic N) is 1. The number of nitrogens with two attached hydrogens (primary N) is 2. The molecule has 6 heteroatoms. The van der Waals surface area contributed by atoms with Gasteiger partial charge in [0.2, 0.25) is 0 Å². The Labute approximate surface area is 198 Å². The minimum absolute atomic E-state index is 0.00476. The lowest BCUT2D eigenvalue weighted by Crippen LogP contribution is -2.62. The van der Waals surface area contributed by atoms with E-state index in [0.29, 0.717) is 41.8 Å². The first kappa shape index (κ1) is 23.2. The highest BCUT2D eigenvalue weighted by Gasteiger charge is 2.67. The van der Waals surface area contributed by atoms with Gasteiger partial charge in [0, 0.05) is 5.41 Å². The van der Waals surface area contributed by atoms with Crippen LogP contribution in [0.3, 0.4) is 0 Å². The van der Waals surface area contributed by atoms with Crippen molar-refractivity contribution in [3.63, 3.8) is 0 Å². The zero-order valence-electron chi connectivity index (χ0n) is 20.6. The molecule has 0 radical (unpaired) electrons. The van der Waals surface area contributed by atoms with Crippen LogP contribution < -0.4 is 11.5 Å². The number of aliphatic imine (C=N–C) groups is 1. The molecule has 0 amide bonds. The van der Waals surface area contributed by atoms with E-state index >= 15 is 0 Å². The lowest BCUT2D eigenvalue weighted by Gasteiger charge is -2.63. The summed E-state index contributed by atoms with van der Waals surface area (Å²) in [6.07, 6.45) is 14.1. The van der Waals surface area contributed by atoms with Crippen molar-refractivity contribution in [2.24, 2.45) is 45.0 Å². The van der Waals surface area contributed by atoms with Crippen LogP contribution in [-0.4, -0.2) is 35.4 Å². The molecule has 184 valence electrons. The monoisotopic (exact) mass is 457 g/mol. The Morgan fingerprint density at radius 3 is 2.70 bits per heavy atom. The Morgan fingerprint density at radius 2 is 1.97 bits per heavy atom. The van der Waals surface area contributed by atoms with Gasteiger partial charge in [0.1, 0.15) is 0 Å². The van der Waals surface area contributed by atoms with E-state index in [9.17, 15) is 5.11 Å². The summed E-state index contributed by atoms with van der Waals surface area (Å²) in [5, 5.41) is 12.3. The van der Waals surface area contributed by atoms with Crippen LogP contribution in [-0.2, 0) is 4.74 Å². The molecule has 5 rings (SSSR count). The molecule has 0 aliphatic heterocycles. The first-order valence-electron chi connectivity index (χ1n) is 13.1. The number of aliphatic hydroxyl groups is 1. The van der Waals surface area contributed by atoms with Gasteiger partial charge < -0.3 is 25.7 Å². The highest BCUT2D eigenvalue weighted by atomic mass is 16.5. The molecule has 0 aromatic carbocycles. The molecular formula is C27H43N3O3. The van der Waals surface area contributed by atoms with Crippen LogP contribution in [0.5, 0.6) is 0 Å². The van der Waals surface area contributed by atoms with E-state index in [1.165, 1.54) is 24.8 Å². The number of hydrogen-bond acceptors (Lipinski definition) is 4. The summed E-state index contributed by atoms with van der Waals surface area (Å²) in [6.45, 7) is 7.47. The molecule has 1 heterocycles. The molecule has 1 unspecified atom stereocenters. The summed E-state index contributed by atoms with van der Waals surface area (Å²) in [5.41, 5.74) is 12.0. The molecule has 1 aromatic rings. The molecule has 4 fully saturated rings. The van der Waals surface area contributed by atoms with Crippen molar-refractivity contribution < 1.29 is 14.3 Å². The molecule has 0 bridgehead atoms.